The number of hydrogen-bond donors (Lipinski definition) is 1. The lowest BCUT2D eigenvalue weighted by molar-refractivity contribution is 0.705. The van der Waals surface area contributed by atoms with Crippen molar-refractivity contribution in [2.24, 2.45) is 0 Å². The number of aromatic nitrogens is 1. The van der Waals surface area contributed by atoms with Crippen molar-refractivity contribution in [3.63, 3.8) is 0 Å². The second-order valence-electron chi connectivity index (χ2n) is 3.17. The van der Waals surface area contributed by atoms with Crippen LogP contribution in [-0.2, 0) is 13.1 Å². The molecule has 0 unspecified atom stereocenters. The van der Waals surface area contributed by atoms with E-state index in [0.29, 0.717) is 0 Å². The summed E-state index contributed by atoms with van der Waals surface area (Å²) >= 11 is 9.16. The lowest BCUT2D eigenvalue weighted by Crippen LogP contribution is -2.11. The van der Waals surface area contributed by atoms with Crippen LogP contribution >= 0.6 is 34.3 Å². The van der Waals surface area contributed by atoms with Crippen LogP contribution in [0.15, 0.2) is 17.6 Å². The summed E-state index contributed by atoms with van der Waals surface area (Å²) in [6, 6.07) is 3.99. The minimum absolute atomic E-state index is 0.848. The quantitative estimate of drug-likeness (QED) is 0.909. The molecule has 2 aromatic rings. The minimum Gasteiger partial charge on any atom is -0.307 e. The van der Waals surface area contributed by atoms with Crippen molar-refractivity contribution < 1.29 is 0 Å². The van der Waals surface area contributed by atoms with E-state index in [1.807, 2.05) is 18.5 Å². The molecule has 0 radical (unpaired) electrons. The number of rotatable bonds is 4. The first-order valence-corrected chi connectivity index (χ1v) is 6.67. The third-order valence-corrected chi connectivity index (χ3v) is 4.22. The Labute approximate surface area is 102 Å². The maximum atomic E-state index is 5.85. The van der Waals surface area contributed by atoms with E-state index in [-0.39, 0.29) is 0 Å². The molecular weight excluding hydrogens is 248 g/mol. The summed E-state index contributed by atoms with van der Waals surface area (Å²) < 4.78 is 0.848. The molecular formula is C10H11ClN2S2. The number of thiazole rings is 1. The molecule has 80 valence electrons. The first-order valence-electron chi connectivity index (χ1n) is 4.59. The van der Waals surface area contributed by atoms with Gasteiger partial charge in [0.2, 0.25) is 0 Å². The zero-order chi connectivity index (χ0) is 10.7. The fourth-order valence-corrected chi connectivity index (χ4v) is 3.05. The van der Waals surface area contributed by atoms with Gasteiger partial charge in [-0.05, 0) is 19.1 Å². The van der Waals surface area contributed by atoms with E-state index in [4.69, 9.17) is 11.6 Å². The average Bonchev–Trinajstić information content (AvgIpc) is 2.77. The smallest absolute Gasteiger partial charge is 0.0931 e. The van der Waals surface area contributed by atoms with Crippen LogP contribution in [0.3, 0.4) is 0 Å². The molecule has 2 rings (SSSR count). The predicted octanol–water partition coefficient (Wildman–Crippen LogP) is 3.46. The van der Waals surface area contributed by atoms with Gasteiger partial charge in [0.05, 0.1) is 15.5 Å². The molecule has 0 fully saturated rings. The average molecular weight is 259 g/mol. The van der Waals surface area contributed by atoms with Gasteiger partial charge in [0, 0.05) is 22.8 Å². The summed E-state index contributed by atoms with van der Waals surface area (Å²) in [4.78, 5) is 6.78. The van der Waals surface area contributed by atoms with E-state index in [9.17, 15) is 0 Å². The lowest BCUT2D eigenvalue weighted by atomic mass is 10.4. The summed E-state index contributed by atoms with van der Waals surface area (Å²) in [6.45, 7) is 3.79. The molecule has 0 aliphatic carbocycles. The minimum atomic E-state index is 0.848. The van der Waals surface area contributed by atoms with Gasteiger partial charge < -0.3 is 5.32 Å². The van der Waals surface area contributed by atoms with Crippen molar-refractivity contribution in [3.05, 3.63) is 37.4 Å². The van der Waals surface area contributed by atoms with Gasteiger partial charge in [-0.2, -0.15) is 0 Å². The van der Waals surface area contributed by atoms with Gasteiger partial charge in [0.15, 0.2) is 0 Å². The van der Waals surface area contributed by atoms with Crippen LogP contribution in [0.5, 0.6) is 0 Å². The van der Waals surface area contributed by atoms with Gasteiger partial charge in [0.25, 0.3) is 0 Å². The Hall–Kier alpha value is -0.420. The Balaban J connectivity index is 1.83. The highest BCUT2D eigenvalue weighted by molar-refractivity contribution is 7.16. The van der Waals surface area contributed by atoms with Crippen LogP contribution in [0.25, 0.3) is 0 Å². The summed E-state index contributed by atoms with van der Waals surface area (Å²) in [5.41, 5.74) is 3.01. The van der Waals surface area contributed by atoms with E-state index in [1.54, 1.807) is 22.7 Å². The number of thiophene rings is 1. The number of hydrogen-bond acceptors (Lipinski definition) is 4. The summed E-state index contributed by atoms with van der Waals surface area (Å²) in [6.07, 6.45) is 0. The fourth-order valence-electron chi connectivity index (χ4n) is 1.24. The molecule has 0 bridgehead atoms. The zero-order valence-corrected chi connectivity index (χ0v) is 10.7. The molecule has 0 aliphatic heterocycles. The molecule has 0 amide bonds. The van der Waals surface area contributed by atoms with Gasteiger partial charge in [-0.1, -0.05) is 11.6 Å². The highest BCUT2D eigenvalue weighted by Gasteiger charge is 2.01. The SMILES string of the molecule is Cc1ncsc1CNCc1ccc(Cl)s1. The summed E-state index contributed by atoms with van der Waals surface area (Å²) in [7, 11) is 0. The van der Waals surface area contributed by atoms with E-state index >= 15 is 0 Å². The van der Waals surface area contributed by atoms with Crippen LogP contribution < -0.4 is 5.32 Å². The largest absolute Gasteiger partial charge is 0.307 e. The van der Waals surface area contributed by atoms with Gasteiger partial charge >= 0.3 is 0 Å². The van der Waals surface area contributed by atoms with Gasteiger partial charge in [-0.25, -0.2) is 4.98 Å². The van der Waals surface area contributed by atoms with Crippen LogP contribution in [-0.4, -0.2) is 4.98 Å². The molecule has 0 spiro atoms. The van der Waals surface area contributed by atoms with Gasteiger partial charge in [-0.15, -0.1) is 22.7 Å². The summed E-state index contributed by atoms with van der Waals surface area (Å²) in [5.74, 6) is 0. The summed E-state index contributed by atoms with van der Waals surface area (Å²) in [5, 5.41) is 3.38. The monoisotopic (exact) mass is 258 g/mol. The van der Waals surface area contributed by atoms with Crippen molar-refractivity contribution in [2.75, 3.05) is 0 Å². The van der Waals surface area contributed by atoms with Crippen LogP contribution in [0, 0.1) is 6.92 Å². The van der Waals surface area contributed by atoms with E-state index in [0.717, 1.165) is 23.1 Å². The Bertz CT molecular complexity index is 436. The molecule has 2 heterocycles. The molecule has 0 aliphatic rings. The first kappa shape index (κ1) is 11.1. The highest BCUT2D eigenvalue weighted by Crippen LogP contribution is 2.21. The Morgan fingerprint density at radius 3 is 2.87 bits per heavy atom. The second-order valence-corrected chi connectivity index (χ2v) is 5.91. The molecule has 5 heteroatoms. The van der Waals surface area contributed by atoms with Gasteiger partial charge in [-0.3, -0.25) is 0 Å². The van der Waals surface area contributed by atoms with Crippen molar-refractivity contribution in [1.29, 1.82) is 0 Å². The maximum absolute atomic E-state index is 5.85. The van der Waals surface area contributed by atoms with E-state index in [2.05, 4.69) is 16.4 Å². The molecule has 0 atom stereocenters. The standard InChI is InChI=1S/C10H11ClN2S2/c1-7-9(14-6-13-7)5-12-4-8-2-3-10(11)15-8/h2-3,6,12H,4-5H2,1H3. The fraction of sp³-hybridized carbons (Fsp3) is 0.300. The number of nitrogens with zero attached hydrogens (tertiary/aromatic N) is 1. The molecule has 0 saturated carbocycles. The van der Waals surface area contributed by atoms with Crippen LogP contribution in [0.1, 0.15) is 15.4 Å². The molecule has 0 saturated heterocycles. The number of nitrogens with one attached hydrogen (secondary N) is 1. The third kappa shape index (κ3) is 3.01. The predicted molar refractivity (Wildman–Crippen MR) is 66.7 cm³/mol. The first-order chi connectivity index (χ1) is 7.25. The second kappa shape index (κ2) is 5.07. The van der Waals surface area contributed by atoms with Crippen LogP contribution in [0.4, 0.5) is 0 Å². The maximum Gasteiger partial charge on any atom is 0.0931 e. The van der Waals surface area contributed by atoms with Crippen LogP contribution in [0.2, 0.25) is 4.34 Å². The van der Waals surface area contributed by atoms with Crippen molar-refractivity contribution in [1.82, 2.24) is 10.3 Å². The molecule has 15 heavy (non-hydrogen) atoms. The van der Waals surface area contributed by atoms with Gasteiger partial charge in [0.1, 0.15) is 0 Å². The normalized spacial score (nSPS) is 10.8. The third-order valence-electron chi connectivity index (χ3n) is 2.06. The van der Waals surface area contributed by atoms with Crippen molar-refractivity contribution in [2.45, 2.75) is 20.0 Å². The molecule has 2 aromatic heterocycles. The van der Waals surface area contributed by atoms with Crippen molar-refractivity contribution >= 4 is 34.3 Å². The van der Waals surface area contributed by atoms with Crippen molar-refractivity contribution in [3.8, 4) is 0 Å². The lowest BCUT2D eigenvalue weighted by Gasteiger charge is -2.00. The zero-order valence-electron chi connectivity index (χ0n) is 8.29. The molecule has 1 N–H and O–H groups in total. The highest BCUT2D eigenvalue weighted by atomic mass is 35.5. The van der Waals surface area contributed by atoms with E-state index < -0.39 is 0 Å². The topological polar surface area (TPSA) is 24.9 Å². The molecule has 2 nitrogen and oxygen atoms in total. The number of halogens is 1. The number of aryl methyl sites for hydroxylation is 1. The van der Waals surface area contributed by atoms with E-state index in [1.165, 1.54) is 9.75 Å². The molecule has 0 aromatic carbocycles. The Morgan fingerprint density at radius 2 is 2.27 bits per heavy atom. The Kier molecular flexibility index (Phi) is 3.75. The Morgan fingerprint density at radius 1 is 1.40 bits per heavy atom.